The van der Waals surface area contributed by atoms with Gasteiger partial charge in [-0.1, -0.05) is 18.5 Å². The highest BCUT2D eigenvalue weighted by Gasteiger charge is 2.03. The summed E-state index contributed by atoms with van der Waals surface area (Å²) in [5.41, 5.74) is 0.950. The smallest absolute Gasteiger partial charge is 0.139 e. The minimum atomic E-state index is 0.606. The van der Waals surface area contributed by atoms with Gasteiger partial charge in [0.15, 0.2) is 0 Å². The number of methoxy groups -OCH3 is 1. The number of anilines is 1. The number of furan rings is 1. The predicted octanol–water partition coefficient (Wildman–Crippen LogP) is 4.12. The van der Waals surface area contributed by atoms with Gasteiger partial charge < -0.3 is 14.5 Å². The van der Waals surface area contributed by atoms with E-state index in [4.69, 9.17) is 20.8 Å². The summed E-state index contributed by atoms with van der Waals surface area (Å²) in [6, 6.07) is 9.57. The van der Waals surface area contributed by atoms with Crippen LogP contribution in [0, 0.1) is 0 Å². The highest BCUT2D eigenvalue weighted by atomic mass is 35.5. The second-order valence-electron chi connectivity index (χ2n) is 3.92. The Labute approximate surface area is 112 Å². The molecule has 3 nitrogen and oxygen atoms in total. The maximum atomic E-state index is 5.96. The molecule has 1 aromatic heterocycles. The molecule has 2 aromatic rings. The van der Waals surface area contributed by atoms with Crippen LogP contribution < -0.4 is 10.1 Å². The van der Waals surface area contributed by atoms with Crippen molar-refractivity contribution in [3.8, 4) is 5.75 Å². The summed E-state index contributed by atoms with van der Waals surface area (Å²) in [4.78, 5) is 0. The van der Waals surface area contributed by atoms with Crippen molar-refractivity contribution in [2.75, 3.05) is 12.4 Å². The van der Waals surface area contributed by atoms with Crippen molar-refractivity contribution < 1.29 is 9.15 Å². The fraction of sp³-hybridized carbons (Fsp3) is 0.286. The molecule has 0 saturated carbocycles. The van der Waals surface area contributed by atoms with Crippen LogP contribution >= 0.6 is 11.6 Å². The average Bonchev–Trinajstić information content (AvgIpc) is 2.86. The molecule has 0 aliphatic heterocycles. The van der Waals surface area contributed by atoms with Crippen LogP contribution in [0.4, 0.5) is 5.69 Å². The Morgan fingerprint density at radius 3 is 2.67 bits per heavy atom. The van der Waals surface area contributed by atoms with Crippen molar-refractivity contribution in [2.45, 2.75) is 19.9 Å². The lowest BCUT2D eigenvalue weighted by atomic mass is 10.3. The van der Waals surface area contributed by atoms with E-state index in [1.807, 2.05) is 30.3 Å². The van der Waals surface area contributed by atoms with Gasteiger partial charge in [0.25, 0.3) is 0 Å². The van der Waals surface area contributed by atoms with Crippen molar-refractivity contribution in [2.24, 2.45) is 0 Å². The lowest BCUT2D eigenvalue weighted by Gasteiger charge is -2.08. The van der Waals surface area contributed by atoms with Crippen LogP contribution in [0.3, 0.4) is 0 Å². The van der Waals surface area contributed by atoms with E-state index in [9.17, 15) is 0 Å². The molecule has 2 rings (SSSR count). The number of benzene rings is 1. The first-order valence-corrected chi connectivity index (χ1v) is 6.25. The zero-order chi connectivity index (χ0) is 13.0. The Morgan fingerprint density at radius 2 is 2.00 bits per heavy atom. The highest BCUT2D eigenvalue weighted by molar-refractivity contribution is 6.32. The van der Waals surface area contributed by atoms with Gasteiger partial charge >= 0.3 is 0 Å². The molecule has 0 unspecified atom stereocenters. The maximum Gasteiger partial charge on any atom is 0.139 e. The number of halogens is 1. The zero-order valence-electron chi connectivity index (χ0n) is 10.5. The molecule has 0 radical (unpaired) electrons. The average molecular weight is 266 g/mol. The van der Waals surface area contributed by atoms with Gasteiger partial charge in [-0.3, -0.25) is 0 Å². The Hall–Kier alpha value is -1.61. The van der Waals surface area contributed by atoms with E-state index in [0.717, 1.165) is 23.6 Å². The molecule has 1 N–H and O–H groups in total. The molecule has 0 fully saturated rings. The van der Waals surface area contributed by atoms with Crippen LogP contribution in [0.15, 0.2) is 34.7 Å². The Balaban J connectivity index is 2.01. The van der Waals surface area contributed by atoms with Crippen LogP contribution in [-0.4, -0.2) is 7.11 Å². The number of hydrogen-bond donors (Lipinski definition) is 1. The van der Waals surface area contributed by atoms with Crippen LogP contribution in [0.25, 0.3) is 0 Å². The van der Waals surface area contributed by atoms with Crippen LogP contribution in [-0.2, 0) is 13.0 Å². The van der Waals surface area contributed by atoms with Gasteiger partial charge in [-0.2, -0.15) is 0 Å². The molecule has 0 bridgehead atoms. The van der Waals surface area contributed by atoms with Crippen LogP contribution in [0.1, 0.15) is 18.4 Å². The van der Waals surface area contributed by atoms with Gasteiger partial charge in [0.1, 0.15) is 17.3 Å². The fourth-order valence-electron chi connectivity index (χ4n) is 1.67. The van der Waals surface area contributed by atoms with E-state index >= 15 is 0 Å². The summed E-state index contributed by atoms with van der Waals surface area (Å²) in [5.74, 6) is 2.58. The van der Waals surface area contributed by atoms with E-state index in [1.165, 1.54) is 0 Å². The van der Waals surface area contributed by atoms with Crippen LogP contribution in [0.2, 0.25) is 5.02 Å². The van der Waals surface area contributed by atoms with E-state index in [2.05, 4.69) is 12.2 Å². The molecular formula is C14H16ClNO2. The van der Waals surface area contributed by atoms with Gasteiger partial charge in [-0.15, -0.1) is 0 Å². The second-order valence-corrected chi connectivity index (χ2v) is 4.33. The van der Waals surface area contributed by atoms with Crippen molar-refractivity contribution in [1.82, 2.24) is 0 Å². The Morgan fingerprint density at radius 1 is 1.22 bits per heavy atom. The molecule has 4 heteroatoms. The largest absolute Gasteiger partial charge is 0.495 e. The SMILES string of the molecule is CCc1ccc(CNc2ccc(Cl)c(OC)c2)o1. The van der Waals surface area contributed by atoms with Crippen molar-refractivity contribution in [3.63, 3.8) is 0 Å². The van der Waals surface area contributed by atoms with Crippen LogP contribution in [0.5, 0.6) is 5.75 Å². The molecule has 18 heavy (non-hydrogen) atoms. The van der Waals surface area contributed by atoms with Gasteiger partial charge in [0, 0.05) is 18.2 Å². The molecule has 0 saturated heterocycles. The molecule has 96 valence electrons. The second kappa shape index (κ2) is 5.83. The zero-order valence-corrected chi connectivity index (χ0v) is 11.3. The third-order valence-electron chi connectivity index (χ3n) is 2.68. The Kier molecular flexibility index (Phi) is 4.15. The van der Waals surface area contributed by atoms with Gasteiger partial charge in [0.2, 0.25) is 0 Å². The summed E-state index contributed by atoms with van der Waals surface area (Å²) in [6.07, 6.45) is 0.911. The lowest BCUT2D eigenvalue weighted by Crippen LogP contribution is -1.98. The monoisotopic (exact) mass is 265 g/mol. The molecule has 0 spiro atoms. The van der Waals surface area contributed by atoms with Crippen molar-refractivity contribution >= 4 is 17.3 Å². The Bertz CT molecular complexity index is 522. The van der Waals surface area contributed by atoms with E-state index in [-0.39, 0.29) is 0 Å². The molecule has 0 atom stereocenters. The number of rotatable bonds is 5. The van der Waals surface area contributed by atoms with Gasteiger partial charge in [0.05, 0.1) is 18.7 Å². The summed E-state index contributed by atoms with van der Waals surface area (Å²) >= 11 is 5.96. The van der Waals surface area contributed by atoms with Gasteiger partial charge in [-0.05, 0) is 24.3 Å². The quantitative estimate of drug-likeness (QED) is 0.883. The minimum absolute atomic E-state index is 0.606. The number of ether oxygens (including phenoxy) is 1. The third-order valence-corrected chi connectivity index (χ3v) is 3.00. The lowest BCUT2D eigenvalue weighted by molar-refractivity contribution is 0.415. The molecular weight excluding hydrogens is 250 g/mol. The first-order valence-electron chi connectivity index (χ1n) is 5.88. The van der Waals surface area contributed by atoms with Crippen molar-refractivity contribution in [1.29, 1.82) is 0 Å². The number of hydrogen-bond acceptors (Lipinski definition) is 3. The van der Waals surface area contributed by atoms with E-state index < -0.39 is 0 Å². The molecule has 0 aliphatic rings. The maximum absolute atomic E-state index is 5.96. The first-order chi connectivity index (χ1) is 8.72. The number of nitrogens with one attached hydrogen (secondary N) is 1. The fourth-order valence-corrected chi connectivity index (χ4v) is 1.86. The highest BCUT2D eigenvalue weighted by Crippen LogP contribution is 2.27. The normalized spacial score (nSPS) is 10.4. The predicted molar refractivity (Wildman–Crippen MR) is 73.4 cm³/mol. The molecule has 0 amide bonds. The minimum Gasteiger partial charge on any atom is -0.495 e. The summed E-state index contributed by atoms with van der Waals surface area (Å²) in [5, 5.41) is 3.87. The van der Waals surface area contributed by atoms with Gasteiger partial charge in [-0.25, -0.2) is 0 Å². The van der Waals surface area contributed by atoms with E-state index in [0.29, 0.717) is 17.3 Å². The summed E-state index contributed by atoms with van der Waals surface area (Å²) in [7, 11) is 1.60. The number of aryl methyl sites for hydroxylation is 1. The molecule has 1 heterocycles. The molecule has 0 aliphatic carbocycles. The summed E-state index contributed by atoms with van der Waals surface area (Å²) < 4.78 is 10.8. The standard InChI is InChI=1S/C14H16ClNO2/c1-3-11-5-6-12(18-11)9-16-10-4-7-13(15)14(8-10)17-2/h4-8,16H,3,9H2,1-2H3. The first kappa shape index (κ1) is 12.8. The topological polar surface area (TPSA) is 34.4 Å². The summed E-state index contributed by atoms with van der Waals surface area (Å²) in [6.45, 7) is 2.71. The molecule has 1 aromatic carbocycles. The van der Waals surface area contributed by atoms with E-state index in [1.54, 1.807) is 7.11 Å². The third kappa shape index (κ3) is 2.99. The van der Waals surface area contributed by atoms with Crippen molar-refractivity contribution in [3.05, 3.63) is 46.9 Å².